The molecule has 0 saturated heterocycles. The lowest BCUT2D eigenvalue weighted by Gasteiger charge is -2.26. The first-order valence-electron chi connectivity index (χ1n) is 5.59. The summed E-state index contributed by atoms with van der Waals surface area (Å²) in [5, 5.41) is 8.80. The van der Waals surface area contributed by atoms with Crippen LogP contribution < -0.4 is 0 Å². The summed E-state index contributed by atoms with van der Waals surface area (Å²) < 4.78 is 0. The molecule has 1 aromatic rings. The van der Waals surface area contributed by atoms with Crippen molar-refractivity contribution >= 4 is 5.91 Å². The van der Waals surface area contributed by atoms with Gasteiger partial charge in [-0.2, -0.15) is 5.26 Å². The van der Waals surface area contributed by atoms with E-state index in [0.717, 1.165) is 5.56 Å². The molecule has 1 amide bonds. The first kappa shape index (κ1) is 13.2. The molecule has 0 saturated carbocycles. The van der Waals surface area contributed by atoms with Gasteiger partial charge in [0.25, 0.3) is 0 Å². The van der Waals surface area contributed by atoms with Gasteiger partial charge in [0.15, 0.2) is 0 Å². The minimum atomic E-state index is -0.373. The quantitative estimate of drug-likeness (QED) is 0.783. The zero-order valence-corrected chi connectivity index (χ0v) is 10.8. The van der Waals surface area contributed by atoms with Crippen LogP contribution in [0.2, 0.25) is 0 Å². The maximum Gasteiger partial charge on any atom is 0.227 e. The summed E-state index contributed by atoms with van der Waals surface area (Å²) in [6.07, 6.45) is 0. The molecule has 0 fully saturated rings. The third-order valence-corrected chi connectivity index (χ3v) is 2.46. The number of rotatable bonds is 2. The Bertz CT molecular complexity index is 452. The van der Waals surface area contributed by atoms with E-state index in [2.05, 4.69) is 6.07 Å². The highest BCUT2D eigenvalue weighted by Crippen LogP contribution is 2.18. The number of carbonyl (C=O) groups is 1. The van der Waals surface area contributed by atoms with E-state index >= 15 is 0 Å². The van der Waals surface area contributed by atoms with Gasteiger partial charge >= 0.3 is 0 Å². The average molecular weight is 230 g/mol. The summed E-state index contributed by atoms with van der Waals surface area (Å²) in [6.45, 7) is 6.23. The van der Waals surface area contributed by atoms with Gasteiger partial charge in [0, 0.05) is 19.0 Å². The molecule has 0 aromatic heterocycles. The first-order valence-corrected chi connectivity index (χ1v) is 5.59. The Morgan fingerprint density at radius 3 is 2.59 bits per heavy atom. The lowest BCUT2D eigenvalue weighted by molar-refractivity contribution is -0.138. The standard InChI is InChI=1S/C14H18N2O/c1-14(2,3)13(17)16(4)10-12-7-5-6-11(8-12)9-15/h5-8H,10H2,1-4H3. The smallest absolute Gasteiger partial charge is 0.227 e. The largest absolute Gasteiger partial charge is 0.341 e. The number of nitriles is 1. The number of benzene rings is 1. The second-order valence-electron chi connectivity index (χ2n) is 5.22. The molecule has 0 aliphatic rings. The predicted molar refractivity (Wildman–Crippen MR) is 67.1 cm³/mol. The molecule has 1 aromatic carbocycles. The van der Waals surface area contributed by atoms with E-state index < -0.39 is 0 Å². The van der Waals surface area contributed by atoms with Gasteiger partial charge in [-0.15, -0.1) is 0 Å². The molecule has 1 rings (SSSR count). The third kappa shape index (κ3) is 3.60. The van der Waals surface area contributed by atoms with Crippen molar-refractivity contribution in [2.24, 2.45) is 5.41 Å². The SMILES string of the molecule is CN(Cc1cccc(C#N)c1)C(=O)C(C)(C)C. The van der Waals surface area contributed by atoms with Crippen molar-refractivity contribution < 1.29 is 4.79 Å². The van der Waals surface area contributed by atoms with Gasteiger partial charge in [-0.1, -0.05) is 32.9 Å². The minimum absolute atomic E-state index is 0.0971. The molecule has 0 aliphatic carbocycles. The molecule has 3 nitrogen and oxygen atoms in total. The van der Waals surface area contributed by atoms with Crippen LogP contribution in [0.4, 0.5) is 0 Å². The summed E-state index contributed by atoms with van der Waals surface area (Å²) in [5.74, 6) is 0.0971. The van der Waals surface area contributed by atoms with Gasteiger partial charge in [-0.05, 0) is 17.7 Å². The van der Waals surface area contributed by atoms with Crippen molar-refractivity contribution in [3.8, 4) is 6.07 Å². The zero-order chi connectivity index (χ0) is 13.1. The van der Waals surface area contributed by atoms with Crippen LogP contribution in [0, 0.1) is 16.7 Å². The lowest BCUT2D eigenvalue weighted by Crippen LogP contribution is -2.36. The maximum atomic E-state index is 12.0. The van der Waals surface area contributed by atoms with Crippen molar-refractivity contribution in [1.82, 2.24) is 4.90 Å². The fourth-order valence-corrected chi connectivity index (χ4v) is 1.66. The van der Waals surface area contributed by atoms with Gasteiger partial charge < -0.3 is 4.90 Å². The second kappa shape index (κ2) is 5.01. The van der Waals surface area contributed by atoms with Gasteiger partial charge in [0.2, 0.25) is 5.91 Å². The van der Waals surface area contributed by atoms with Crippen molar-refractivity contribution in [1.29, 1.82) is 5.26 Å². The first-order chi connectivity index (χ1) is 7.84. The highest BCUT2D eigenvalue weighted by Gasteiger charge is 2.24. The molecule has 0 spiro atoms. The van der Waals surface area contributed by atoms with Crippen LogP contribution in [0.1, 0.15) is 31.9 Å². The van der Waals surface area contributed by atoms with E-state index in [-0.39, 0.29) is 11.3 Å². The van der Waals surface area contributed by atoms with Crippen molar-refractivity contribution in [3.05, 3.63) is 35.4 Å². The lowest BCUT2D eigenvalue weighted by atomic mass is 9.95. The van der Waals surface area contributed by atoms with E-state index in [9.17, 15) is 4.79 Å². The Morgan fingerprint density at radius 1 is 1.41 bits per heavy atom. The Labute approximate surface area is 103 Å². The van der Waals surface area contributed by atoms with Crippen LogP contribution in [-0.4, -0.2) is 17.9 Å². The second-order valence-corrected chi connectivity index (χ2v) is 5.22. The van der Waals surface area contributed by atoms with E-state index in [1.54, 1.807) is 18.0 Å². The molecule has 0 aliphatic heterocycles. The summed E-state index contributed by atoms with van der Waals surface area (Å²) >= 11 is 0. The highest BCUT2D eigenvalue weighted by atomic mass is 16.2. The zero-order valence-electron chi connectivity index (χ0n) is 10.8. The van der Waals surface area contributed by atoms with Gasteiger partial charge in [-0.25, -0.2) is 0 Å². The molecule has 90 valence electrons. The van der Waals surface area contributed by atoms with Crippen LogP contribution >= 0.6 is 0 Å². The topological polar surface area (TPSA) is 44.1 Å². The van der Waals surface area contributed by atoms with Gasteiger partial charge in [0.1, 0.15) is 0 Å². The third-order valence-electron chi connectivity index (χ3n) is 2.46. The predicted octanol–water partition coefficient (Wildman–Crippen LogP) is 2.56. The molecule has 0 N–H and O–H groups in total. The van der Waals surface area contributed by atoms with E-state index in [1.807, 2.05) is 39.0 Å². The van der Waals surface area contributed by atoms with Crippen LogP contribution in [-0.2, 0) is 11.3 Å². The van der Waals surface area contributed by atoms with E-state index in [0.29, 0.717) is 12.1 Å². The fraction of sp³-hybridized carbons (Fsp3) is 0.429. The molecule has 0 heterocycles. The van der Waals surface area contributed by atoms with Crippen LogP contribution in [0.15, 0.2) is 24.3 Å². The fourth-order valence-electron chi connectivity index (χ4n) is 1.66. The molecule has 0 bridgehead atoms. The Hall–Kier alpha value is -1.82. The molecule has 0 unspecified atom stereocenters. The number of nitrogens with zero attached hydrogens (tertiary/aromatic N) is 2. The van der Waals surface area contributed by atoms with E-state index in [1.165, 1.54) is 0 Å². The summed E-state index contributed by atoms with van der Waals surface area (Å²) in [5.41, 5.74) is 1.23. The number of hydrogen-bond donors (Lipinski definition) is 0. The van der Waals surface area contributed by atoms with Gasteiger partial charge in [0.05, 0.1) is 11.6 Å². The monoisotopic (exact) mass is 230 g/mol. The molecular weight excluding hydrogens is 212 g/mol. The average Bonchev–Trinajstić information content (AvgIpc) is 2.27. The minimum Gasteiger partial charge on any atom is -0.341 e. The van der Waals surface area contributed by atoms with Crippen LogP contribution in [0.5, 0.6) is 0 Å². The van der Waals surface area contributed by atoms with Crippen LogP contribution in [0.25, 0.3) is 0 Å². The normalized spacial score (nSPS) is 10.8. The van der Waals surface area contributed by atoms with Crippen LogP contribution in [0.3, 0.4) is 0 Å². The number of hydrogen-bond acceptors (Lipinski definition) is 2. The Kier molecular flexibility index (Phi) is 3.90. The summed E-state index contributed by atoms with van der Waals surface area (Å²) in [7, 11) is 1.78. The highest BCUT2D eigenvalue weighted by molar-refractivity contribution is 5.81. The molecule has 0 atom stereocenters. The van der Waals surface area contributed by atoms with Crippen molar-refractivity contribution in [2.45, 2.75) is 27.3 Å². The number of amides is 1. The molecule has 0 radical (unpaired) electrons. The molecule has 17 heavy (non-hydrogen) atoms. The van der Waals surface area contributed by atoms with Gasteiger partial charge in [-0.3, -0.25) is 4.79 Å². The Balaban J connectivity index is 2.78. The molecule has 3 heteroatoms. The summed E-state index contributed by atoms with van der Waals surface area (Å²) in [4.78, 5) is 13.7. The van der Waals surface area contributed by atoms with E-state index in [4.69, 9.17) is 5.26 Å². The molecular formula is C14H18N2O. The number of carbonyl (C=O) groups excluding carboxylic acids is 1. The summed E-state index contributed by atoms with van der Waals surface area (Å²) in [6, 6.07) is 9.43. The Morgan fingerprint density at radius 2 is 2.06 bits per heavy atom. The maximum absolute atomic E-state index is 12.0. The van der Waals surface area contributed by atoms with Crippen molar-refractivity contribution in [3.63, 3.8) is 0 Å². The van der Waals surface area contributed by atoms with Crippen molar-refractivity contribution in [2.75, 3.05) is 7.05 Å².